The molecular formula is C14H20N2O3. The van der Waals surface area contributed by atoms with Gasteiger partial charge in [0.15, 0.2) is 0 Å². The van der Waals surface area contributed by atoms with Gasteiger partial charge < -0.3 is 15.7 Å². The highest BCUT2D eigenvalue weighted by Gasteiger charge is 2.37. The summed E-state index contributed by atoms with van der Waals surface area (Å²) in [5.41, 5.74) is 6.16. The fourth-order valence-corrected chi connectivity index (χ4v) is 1.94. The van der Waals surface area contributed by atoms with E-state index in [0.29, 0.717) is 23.4 Å². The minimum atomic E-state index is -1.26. The van der Waals surface area contributed by atoms with Gasteiger partial charge >= 0.3 is 5.97 Å². The molecule has 0 aliphatic carbocycles. The first kappa shape index (κ1) is 15.0. The van der Waals surface area contributed by atoms with Gasteiger partial charge in [0, 0.05) is 17.8 Å². The molecule has 0 heterocycles. The molecule has 1 aromatic rings. The largest absolute Gasteiger partial charge is 0.480 e. The minimum absolute atomic E-state index is 0.312. The Morgan fingerprint density at radius 1 is 1.37 bits per heavy atom. The number of benzene rings is 1. The number of anilines is 1. The number of likely N-dealkylation sites (N-methyl/N-ethyl adjacent to an activating group) is 1. The van der Waals surface area contributed by atoms with Crippen molar-refractivity contribution >= 4 is 17.6 Å². The van der Waals surface area contributed by atoms with Crippen LogP contribution < -0.4 is 5.73 Å². The van der Waals surface area contributed by atoms with Gasteiger partial charge in [-0.3, -0.25) is 4.79 Å². The molecule has 0 radical (unpaired) electrons. The second-order valence-electron chi connectivity index (χ2n) is 4.93. The second-order valence-corrected chi connectivity index (χ2v) is 4.93. The Bertz CT molecular complexity index is 509. The number of carboxylic acids is 1. The van der Waals surface area contributed by atoms with Crippen LogP contribution in [0, 0.1) is 6.92 Å². The number of hydrogen-bond acceptors (Lipinski definition) is 3. The number of rotatable bonds is 4. The van der Waals surface area contributed by atoms with E-state index < -0.39 is 11.5 Å². The lowest BCUT2D eigenvalue weighted by atomic mass is 9.99. The standard InChI is InChI=1S/C14H20N2O3/c1-5-16(14(3,4)13(18)19)12(17)10-7-6-8-11(15)9(10)2/h6-8H,5,15H2,1-4H3,(H,18,19). The molecule has 0 unspecified atom stereocenters. The molecule has 5 heteroatoms. The van der Waals surface area contributed by atoms with Crippen molar-refractivity contribution in [3.63, 3.8) is 0 Å². The summed E-state index contributed by atoms with van der Waals surface area (Å²) in [6, 6.07) is 5.07. The third-order valence-corrected chi connectivity index (χ3v) is 3.37. The predicted molar refractivity (Wildman–Crippen MR) is 74.0 cm³/mol. The molecule has 1 amide bonds. The maximum absolute atomic E-state index is 12.5. The number of carboxylic acid groups (broad SMARTS) is 1. The average Bonchev–Trinajstić information content (AvgIpc) is 2.32. The predicted octanol–water partition coefficient (Wildman–Crippen LogP) is 1.90. The summed E-state index contributed by atoms with van der Waals surface area (Å²) in [5.74, 6) is -1.36. The van der Waals surface area contributed by atoms with Crippen LogP contribution in [-0.4, -0.2) is 34.0 Å². The first-order valence-corrected chi connectivity index (χ1v) is 6.14. The van der Waals surface area contributed by atoms with Crippen molar-refractivity contribution in [2.45, 2.75) is 33.2 Å². The van der Waals surface area contributed by atoms with Gasteiger partial charge in [0.2, 0.25) is 0 Å². The fourth-order valence-electron chi connectivity index (χ4n) is 1.94. The Hall–Kier alpha value is -2.04. The van der Waals surface area contributed by atoms with Gasteiger partial charge in [0.05, 0.1) is 0 Å². The lowest BCUT2D eigenvalue weighted by Crippen LogP contribution is -2.53. The zero-order chi connectivity index (χ0) is 14.8. The molecule has 5 nitrogen and oxygen atoms in total. The Balaban J connectivity index is 3.24. The van der Waals surface area contributed by atoms with Crippen LogP contribution in [0.5, 0.6) is 0 Å². The number of nitrogens with zero attached hydrogens (tertiary/aromatic N) is 1. The summed E-state index contributed by atoms with van der Waals surface area (Å²) in [4.78, 5) is 25.1. The van der Waals surface area contributed by atoms with Gasteiger partial charge in [-0.05, 0) is 45.4 Å². The van der Waals surface area contributed by atoms with Gasteiger partial charge in [-0.15, -0.1) is 0 Å². The Morgan fingerprint density at radius 2 is 1.95 bits per heavy atom. The number of carbonyl (C=O) groups is 2. The molecular weight excluding hydrogens is 244 g/mol. The van der Waals surface area contributed by atoms with E-state index in [0.717, 1.165) is 0 Å². The molecule has 104 valence electrons. The molecule has 0 aromatic heterocycles. The molecule has 0 saturated carbocycles. The van der Waals surface area contributed by atoms with E-state index in [4.69, 9.17) is 5.73 Å². The number of nitrogens with two attached hydrogens (primary N) is 1. The molecule has 0 spiro atoms. The summed E-state index contributed by atoms with van der Waals surface area (Å²) in [5, 5.41) is 9.24. The van der Waals surface area contributed by atoms with Crippen LogP contribution >= 0.6 is 0 Å². The van der Waals surface area contributed by atoms with Gasteiger partial charge in [-0.2, -0.15) is 0 Å². The van der Waals surface area contributed by atoms with Crippen molar-refractivity contribution < 1.29 is 14.7 Å². The third-order valence-electron chi connectivity index (χ3n) is 3.37. The molecule has 0 aliphatic heterocycles. The Morgan fingerprint density at radius 3 is 2.42 bits per heavy atom. The zero-order valence-corrected chi connectivity index (χ0v) is 11.7. The number of amides is 1. The summed E-state index contributed by atoms with van der Waals surface area (Å²) in [6.07, 6.45) is 0. The van der Waals surface area contributed by atoms with E-state index >= 15 is 0 Å². The molecule has 3 N–H and O–H groups in total. The number of aliphatic carboxylic acids is 1. The number of hydrogen-bond donors (Lipinski definition) is 2. The quantitative estimate of drug-likeness (QED) is 0.813. The van der Waals surface area contributed by atoms with E-state index in [9.17, 15) is 14.7 Å². The molecule has 0 atom stereocenters. The van der Waals surface area contributed by atoms with E-state index in [2.05, 4.69) is 0 Å². The monoisotopic (exact) mass is 264 g/mol. The van der Waals surface area contributed by atoms with Crippen LogP contribution in [0.15, 0.2) is 18.2 Å². The van der Waals surface area contributed by atoms with E-state index in [1.54, 1.807) is 32.0 Å². The first-order valence-electron chi connectivity index (χ1n) is 6.14. The fraction of sp³-hybridized carbons (Fsp3) is 0.429. The maximum Gasteiger partial charge on any atom is 0.329 e. The SMILES string of the molecule is CCN(C(=O)c1cccc(N)c1C)C(C)(C)C(=O)O. The van der Waals surface area contributed by atoms with Gasteiger partial charge in [-0.1, -0.05) is 6.07 Å². The molecule has 1 rings (SSSR count). The van der Waals surface area contributed by atoms with E-state index in [1.165, 1.54) is 18.7 Å². The van der Waals surface area contributed by atoms with Crippen molar-refractivity contribution in [1.29, 1.82) is 0 Å². The van der Waals surface area contributed by atoms with Crippen molar-refractivity contribution in [2.75, 3.05) is 12.3 Å². The molecule has 0 fully saturated rings. The molecule has 1 aromatic carbocycles. The topological polar surface area (TPSA) is 83.6 Å². The highest BCUT2D eigenvalue weighted by atomic mass is 16.4. The lowest BCUT2D eigenvalue weighted by molar-refractivity contribution is -0.147. The average molecular weight is 264 g/mol. The van der Waals surface area contributed by atoms with Gasteiger partial charge in [0.1, 0.15) is 5.54 Å². The summed E-state index contributed by atoms with van der Waals surface area (Å²) in [6.45, 7) is 6.84. The van der Waals surface area contributed by atoms with Crippen LogP contribution in [0.3, 0.4) is 0 Å². The highest BCUT2D eigenvalue weighted by molar-refractivity contribution is 5.99. The Kier molecular flexibility index (Phi) is 4.19. The van der Waals surface area contributed by atoms with Gasteiger partial charge in [0.25, 0.3) is 5.91 Å². The zero-order valence-electron chi connectivity index (χ0n) is 11.7. The third kappa shape index (κ3) is 2.70. The van der Waals surface area contributed by atoms with E-state index in [-0.39, 0.29) is 5.91 Å². The van der Waals surface area contributed by atoms with Gasteiger partial charge in [-0.25, -0.2) is 4.79 Å². The Labute approximate surface area is 113 Å². The molecule has 0 bridgehead atoms. The van der Waals surface area contributed by atoms with Crippen molar-refractivity contribution in [3.05, 3.63) is 29.3 Å². The summed E-state index contributed by atoms with van der Waals surface area (Å²) >= 11 is 0. The van der Waals surface area contributed by atoms with Crippen molar-refractivity contribution in [2.24, 2.45) is 0 Å². The van der Waals surface area contributed by atoms with Crippen molar-refractivity contribution in [1.82, 2.24) is 4.90 Å². The van der Waals surface area contributed by atoms with Crippen LogP contribution in [0.4, 0.5) is 5.69 Å². The summed E-state index contributed by atoms with van der Waals surface area (Å²) in [7, 11) is 0. The minimum Gasteiger partial charge on any atom is -0.480 e. The van der Waals surface area contributed by atoms with Crippen LogP contribution in [0.25, 0.3) is 0 Å². The van der Waals surface area contributed by atoms with Crippen molar-refractivity contribution in [3.8, 4) is 0 Å². The highest BCUT2D eigenvalue weighted by Crippen LogP contribution is 2.22. The molecule has 19 heavy (non-hydrogen) atoms. The lowest BCUT2D eigenvalue weighted by Gasteiger charge is -2.34. The summed E-state index contributed by atoms with van der Waals surface area (Å²) < 4.78 is 0. The normalized spacial score (nSPS) is 11.2. The van der Waals surface area contributed by atoms with E-state index in [1.807, 2.05) is 0 Å². The smallest absolute Gasteiger partial charge is 0.329 e. The first-order chi connectivity index (χ1) is 8.73. The van der Waals surface area contributed by atoms with Crippen LogP contribution in [-0.2, 0) is 4.79 Å². The second kappa shape index (κ2) is 5.30. The molecule has 0 aliphatic rings. The van der Waals surface area contributed by atoms with Crippen LogP contribution in [0.1, 0.15) is 36.7 Å². The number of nitrogen functional groups attached to an aromatic ring is 1. The van der Waals surface area contributed by atoms with Crippen LogP contribution in [0.2, 0.25) is 0 Å². The number of carbonyl (C=O) groups excluding carboxylic acids is 1. The maximum atomic E-state index is 12.5. The molecule has 0 saturated heterocycles.